The molecule has 114 valence electrons. The van der Waals surface area contributed by atoms with Crippen molar-refractivity contribution < 1.29 is 5.79 Å². The number of hydrogen-bond acceptors (Lipinski definition) is 3. The second-order valence-electron chi connectivity index (χ2n) is 6.02. The van der Waals surface area contributed by atoms with Crippen LogP contribution in [-0.2, 0) is 0 Å². The van der Waals surface area contributed by atoms with Gasteiger partial charge in [-0.1, -0.05) is 26.0 Å². The average Bonchev–Trinajstić information content (AvgIpc) is 2.92. The van der Waals surface area contributed by atoms with E-state index in [0.29, 0.717) is 5.71 Å². The standard InChI is InChI=1S/C20H18N2O/c1-12(2)17-11-22-18(10-13(17)3)16-7-4-6-14-15-8-5-9-21-20(15)23-19(14)16/h4-12H,1-3H3/i12D. The molecule has 0 N–H and O–H groups in total. The molecule has 0 unspecified atom stereocenters. The maximum Gasteiger partial charge on any atom is 0.227 e. The fraction of sp³-hybridized carbons (Fsp3) is 0.200. The summed E-state index contributed by atoms with van der Waals surface area (Å²) in [5, 5.41) is 2.05. The van der Waals surface area contributed by atoms with E-state index in [4.69, 9.17) is 5.79 Å². The Labute approximate surface area is 136 Å². The van der Waals surface area contributed by atoms with Gasteiger partial charge in [0.25, 0.3) is 0 Å². The summed E-state index contributed by atoms with van der Waals surface area (Å²) in [5.74, 6) is -0.662. The van der Waals surface area contributed by atoms with Gasteiger partial charge in [0, 0.05) is 30.1 Å². The third kappa shape index (κ3) is 2.20. The van der Waals surface area contributed by atoms with Crippen LogP contribution >= 0.6 is 0 Å². The Morgan fingerprint density at radius 1 is 1.09 bits per heavy atom. The first kappa shape index (κ1) is 12.8. The zero-order valence-electron chi connectivity index (χ0n) is 14.4. The number of furan rings is 1. The number of hydrogen-bond donors (Lipinski definition) is 0. The SMILES string of the molecule is [2H]C(C)(C)c1cnc(-c2cccc3c2oc2ncccc23)cc1C. The molecule has 0 spiro atoms. The first-order chi connectivity index (χ1) is 11.4. The lowest BCUT2D eigenvalue weighted by Gasteiger charge is -2.11. The van der Waals surface area contributed by atoms with E-state index in [0.717, 1.165) is 38.7 Å². The lowest BCUT2D eigenvalue weighted by atomic mass is 9.98. The van der Waals surface area contributed by atoms with Crippen molar-refractivity contribution in [3.05, 3.63) is 59.9 Å². The Morgan fingerprint density at radius 2 is 1.91 bits per heavy atom. The van der Waals surface area contributed by atoms with Crippen LogP contribution in [0, 0.1) is 6.92 Å². The number of para-hydroxylation sites is 1. The zero-order valence-corrected chi connectivity index (χ0v) is 13.4. The van der Waals surface area contributed by atoms with Gasteiger partial charge >= 0.3 is 0 Å². The second-order valence-corrected chi connectivity index (χ2v) is 6.02. The topological polar surface area (TPSA) is 38.9 Å². The van der Waals surface area contributed by atoms with Gasteiger partial charge in [0.15, 0.2) is 0 Å². The maximum atomic E-state index is 8.23. The molecule has 0 saturated carbocycles. The summed E-state index contributed by atoms with van der Waals surface area (Å²) < 4.78 is 14.2. The van der Waals surface area contributed by atoms with Crippen LogP contribution in [0.4, 0.5) is 0 Å². The molecule has 3 heterocycles. The van der Waals surface area contributed by atoms with Crippen LogP contribution in [0.1, 0.15) is 32.2 Å². The lowest BCUT2D eigenvalue weighted by Crippen LogP contribution is -1.95. The van der Waals surface area contributed by atoms with Crippen molar-refractivity contribution in [2.24, 2.45) is 0 Å². The number of fused-ring (bicyclic) bond motifs is 3. The van der Waals surface area contributed by atoms with E-state index in [1.165, 1.54) is 0 Å². The normalized spacial score (nSPS) is 12.7. The van der Waals surface area contributed by atoms with Crippen LogP contribution < -0.4 is 0 Å². The molecular formula is C20H18N2O. The van der Waals surface area contributed by atoms with Gasteiger partial charge in [-0.2, -0.15) is 0 Å². The van der Waals surface area contributed by atoms with E-state index in [9.17, 15) is 0 Å². The van der Waals surface area contributed by atoms with Crippen molar-refractivity contribution in [3.63, 3.8) is 0 Å². The molecule has 3 heteroatoms. The van der Waals surface area contributed by atoms with Crippen LogP contribution in [0.2, 0.25) is 0 Å². The monoisotopic (exact) mass is 303 g/mol. The van der Waals surface area contributed by atoms with E-state index < -0.39 is 5.89 Å². The van der Waals surface area contributed by atoms with Crippen LogP contribution in [-0.4, -0.2) is 9.97 Å². The quantitative estimate of drug-likeness (QED) is 0.492. The molecule has 0 radical (unpaired) electrons. The molecule has 0 bridgehead atoms. The largest absolute Gasteiger partial charge is 0.437 e. The summed E-state index contributed by atoms with van der Waals surface area (Å²) in [6.45, 7) is 5.78. The lowest BCUT2D eigenvalue weighted by molar-refractivity contribution is 0.655. The van der Waals surface area contributed by atoms with Gasteiger partial charge in [-0.25, -0.2) is 4.98 Å². The molecule has 0 atom stereocenters. The molecule has 23 heavy (non-hydrogen) atoms. The molecule has 0 saturated heterocycles. The molecule has 0 amide bonds. The summed E-state index contributed by atoms with van der Waals surface area (Å²) in [7, 11) is 0. The molecular weight excluding hydrogens is 284 g/mol. The summed E-state index contributed by atoms with van der Waals surface area (Å²) in [6, 6.07) is 12.0. The first-order valence-corrected chi connectivity index (χ1v) is 7.69. The Morgan fingerprint density at radius 3 is 2.70 bits per heavy atom. The van der Waals surface area contributed by atoms with Crippen molar-refractivity contribution >= 4 is 22.1 Å². The number of pyridine rings is 2. The number of aryl methyl sites for hydroxylation is 1. The molecule has 0 fully saturated rings. The number of benzene rings is 1. The van der Waals surface area contributed by atoms with Crippen LogP contribution in [0.25, 0.3) is 33.3 Å². The predicted octanol–water partition coefficient (Wildman–Crippen LogP) is 5.47. The minimum Gasteiger partial charge on any atom is -0.437 e. The minimum atomic E-state index is -0.662. The summed E-state index contributed by atoms with van der Waals surface area (Å²) >= 11 is 0. The molecule has 0 aliphatic rings. The van der Waals surface area contributed by atoms with E-state index in [1.54, 1.807) is 12.4 Å². The van der Waals surface area contributed by atoms with Gasteiger partial charge in [0.05, 0.1) is 5.69 Å². The average molecular weight is 303 g/mol. The third-order valence-corrected chi connectivity index (χ3v) is 4.20. The highest BCUT2D eigenvalue weighted by atomic mass is 16.3. The summed E-state index contributed by atoms with van der Waals surface area (Å²) in [5.41, 5.74) is 5.24. The van der Waals surface area contributed by atoms with E-state index in [-0.39, 0.29) is 0 Å². The second kappa shape index (κ2) is 5.20. The fourth-order valence-electron chi connectivity index (χ4n) is 3.06. The number of rotatable bonds is 2. The first-order valence-electron chi connectivity index (χ1n) is 8.19. The molecule has 4 rings (SSSR count). The van der Waals surface area contributed by atoms with Crippen molar-refractivity contribution in [1.29, 1.82) is 0 Å². The molecule has 0 aliphatic heterocycles. The number of nitrogens with zero attached hydrogens (tertiary/aromatic N) is 2. The van der Waals surface area contributed by atoms with Gasteiger partial charge in [-0.3, -0.25) is 4.98 Å². The maximum absolute atomic E-state index is 8.23. The summed E-state index contributed by atoms with van der Waals surface area (Å²) in [4.78, 5) is 8.90. The smallest absolute Gasteiger partial charge is 0.227 e. The van der Waals surface area contributed by atoms with E-state index in [1.807, 2.05) is 57.2 Å². The van der Waals surface area contributed by atoms with Crippen LogP contribution in [0.3, 0.4) is 0 Å². The van der Waals surface area contributed by atoms with Crippen LogP contribution in [0.15, 0.2) is 53.2 Å². The Hall–Kier alpha value is -2.68. The van der Waals surface area contributed by atoms with Crippen molar-refractivity contribution in [1.82, 2.24) is 9.97 Å². The predicted molar refractivity (Wildman–Crippen MR) is 93.6 cm³/mol. The highest BCUT2D eigenvalue weighted by Gasteiger charge is 2.14. The zero-order chi connectivity index (χ0) is 16.9. The van der Waals surface area contributed by atoms with Gasteiger partial charge in [-0.15, -0.1) is 0 Å². The van der Waals surface area contributed by atoms with Gasteiger partial charge in [-0.05, 0) is 48.2 Å². The van der Waals surface area contributed by atoms with Crippen molar-refractivity contribution in [2.45, 2.75) is 26.7 Å². The Bertz CT molecular complexity index is 1060. The Balaban J connectivity index is 1.95. The molecule has 0 aliphatic carbocycles. The molecule has 4 aromatic rings. The van der Waals surface area contributed by atoms with Crippen LogP contribution in [0.5, 0.6) is 0 Å². The minimum absolute atomic E-state index is 0.639. The van der Waals surface area contributed by atoms with Gasteiger partial charge in [0.1, 0.15) is 5.58 Å². The van der Waals surface area contributed by atoms with Gasteiger partial charge < -0.3 is 4.42 Å². The number of aromatic nitrogens is 2. The van der Waals surface area contributed by atoms with E-state index >= 15 is 0 Å². The van der Waals surface area contributed by atoms with Gasteiger partial charge in [0.2, 0.25) is 5.71 Å². The highest BCUT2D eigenvalue weighted by molar-refractivity contribution is 6.08. The summed E-state index contributed by atoms with van der Waals surface area (Å²) in [6.07, 6.45) is 3.54. The molecule has 3 nitrogen and oxygen atoms in total. The van der Waals surface area contributed by atoms with Crippen molar-refractivity contribution in [2.75, 3.05) is 0 Å². The van der Waals surface area contributed by atoms with Crippen molar-refractivity contribution in [3.8, 4) is 11.3 Å². The highest BCUT2D eigenvalue weighted by Crippen LogP contribution is 2.34. The van der Waals surface area contributed by atoms with E-state index in [2.05, 4.69) is 9.97 Å². The molecule has 3 aromatic heterocycles. The molecule has 1 aromatic carbocycles. The Kier molecular flexibility index (Phi) is 2.90. The fourth-order valence-corrected chi connectivity index (χ4v) is 3.06. The third-order valence-electron chi connectivity index (χ3n) is 4.20.